The fraction of sp³-hybridized carbons (Fsp3) is 0.600. The second-order valence-corrected chi connectivity index (χ2v) is 11.0. The molecule has 2 aliphatic rings. The van der Waals surface area contributed by atoms with Crippen LogP contribution in [0, 0.1) is 5.82 Å². The van der Waals surface area contributed by atoms with Gasteiger partial charge in [-0.2, -0.15) is 0 Å². The van der Waals surface area contributed by atoms with Crippen LogP contribution in [0.1, 0.15) is 80.3 Å². The molecule has 0 radical (unpaired) electrons. The van der Waals surface area contributed by atoms with Crippen LogP contribution in [0.2, 0.25) is 0 Å². The van der Waals surface area contributed by atoms with Crippen molar-refractivity contribution in [3.63, 3.8) is 0 Å². The number of methoxy groups -OCH3 is 1. The van der Waals surface area contributed by atoms with Crippen molar-refractivity contribution in [3.05, 3.63) is 52.5 Å². The van der Waals surface area contributed by atoms with E-state index in [4.69, 9.17) is 9.72 Å². The maximum absolute atomic E-state index is 15.5. The maximum atomic E-state index is 15.5. The summed E-state index contributed by atoms with van der Waals surface area (Å²) in [6.07, 6.45) is 7.43. The average Bonchev–Trinajstić information content (AvgIpc) is 3.38. The van der Waals surface area contributed by atoms with Gasteiger partial charge in [-0.1, -0.05) is 32.4 Å². The number of unbranched alkanes of at least 4 members (excludes halogenated alkanes) is 2. The number of benzene rings is 1. The minimum absolute atomic E-state index is 0.0498. The number of anilines is 1. The lowest BCUT2D eigenvalue weighted by Crippen LogP contribution is -2.38. The molecule has 0 aliphatic carbocycles. The van der Waals surface area contributed by atoms with E-state index in [0.29, 0.717) is 24.4 Å². The van der Waals surface area contributed by atoms with Gasteiger partial charge in [0.25, 0.3) is 0 Å². The monoisotopic (exact) mass is 526 g/mol. The summed E-state index contributed by atoms with van der Waals surface area (Å²) in [7, 11) is 3.58. The molecule has 2 N–H and O–H groups in total. The number of aryl methyl sites for hydroxylation is 2. The Balaban J connectivity index is 1.30. The number of hydrogen-bond acceptors (Lipinski definition) is 6. The summed E-state index contributed by atoms with van der Waals surface area (Å²) in [6.45, 7) is 6.98. The lowest BCUT2D eigenvalue weighted by molar-refractivity contribution is -0.143. The number of pyridine rings is 1. The van der Waals surface area contributed by atoms with E-state index in [1.165, 1.54) is 19.1 Å². The summed E-state index contributed by atoms with van der Waals surface area (Å²) < 4.78 is 21.0. The number of likely N-dealkylation sites (tertiary alicyclic amines) is 1. The molecule has 8 heteroatoms. The summed E-state index contributed by atoms with van der Waals surface area (Å²) in [6, 6.07) is 6.95. The van der Waals surface area contributed by atoms with E-state index in [1.807, 2.05) is 18.7 Å². The fourth-order valence-electron chi connectivity index (χ4n) is 5.83. The molecule has 1 fully saturated rings. The van der Waals surface area contributed by atoms with Gasteiger partial charge in [-0.25, -0.2) is 9.37 Å². The van der Waals surface area contributed by atoms with Gasteiger partial charge >= 0.3 is 5.97 Å². The second-order valence-electron chi connectivity index (χ2n) is 11.0. The van der Waals surface area contributed by atoms with Crippen LogP contribution in [0.25, 0.3) is 0 Å². The molecule has 7 nitrogen and oxygen atoms in total. The van der Waals surface area contributed by atoms with E-state index in [1.54, 1.807) is 12.1 Å². The zero-order valence-electron chi connectivity index (χ0n) is 23.3. The molecule has 0 spiro atoms. The lowest BCUT2D eigenvalue weighted by atomic mass is 9.95. The van der Waals surface area contributed by atoms with E-state index >= 15 is 4.39 Å². The van der Waals surface area contributed by atoms with Gasteiger partial charge in [0.15, 0.2) is 0 Å². The summed E-state index contributed by atoms with van der Waals surface area (Å²) in [5.41, 5.74) is 3.13. The van der Waals surface area contributed by atoms with Crippen molar-refractivity contribution < 1.29 is 19.0 Å². The third-order valence-electron chi connectivity index (χ3n) is 8.10. The number of carboxylic acids is 1. The van der Waals surface area contributed by atoms with Crippen molar-refractivity contribution in [2.45, 2.75) is 76.8 Å². The van der Waals surface area contributed by atoms with Crippen LogP contribution in [0.3, 0.4) is 0 Å². The van der Waals surface area contributed by atoms with Crippen LogP contribution >= 0.6 is 0 Å². The number of likely N-dealkylation sites (N-methyl/N-ethyl adjacent to an activating group) is 1. The smallest absolute Gasteiger partial charge is 0.325 e. The van der Waals surface area contributed by atoms with Gasteiger partial charge in [-0.3, -0.25) is 9.69 Å². The molecule has 208 valence electrons. The van der Waals surface area contributed by atoms with E-state index in [2.05, 4.69) is 29.4 Å². The van der Waals surface area contributed by atoms with E-state index in [-0.39, 0.29) is 17.5 Å². The zero-order valence-corrected chi connectivity index (χ0v) is 23.3. The van der Waals surface area contributed by atoms with Gasteiger partial charge in [0.2, 0.25) is 0 Å². The van der Waals surface area contributed by atoms with Crippen molar-refractivity contribution in [1.29, 1.82) is 0 Å². The first-order valence-corrected chi connectivity index (χ1v) is 14.1. The molecular formula is C30H43FN4O3. The van der Waals surface area contributed by atoms with E-state index in [0.717, 1.165) is 63.1 Å². The second kappa shape index (κ2) is 12.9. The van der Waals surface area contributed by atoms with Crippen LogP contribution in [-0.2, 0) is 17.6 Å². The quantitative estimate of drug-likeness (QED) is 0.366. The van der Waals surface area contributed by atoms with E-state index in [9.17, 15) is 9.90 Å². The highest BCUT2D eigenvalue weighted by atomic mass is 19.1. The minimum atomic E-state index is -1.07. The van der Waals surface area contributed by atoms with Crippen LogP contribution in [-0.4, -0.2) is 72.2 Å². The Labute approximate surface area is 226 Å². The standard InChI is InChI=1S/C30H43FN4O3/c1-20(2)24-13-14-25(38-4)26(27(24)31)28(30(36)37)35-18-15-23(19-35)34(3)17-7-5-6-10-22-12-11-21-9-8-16-32-29(21)33-22/h11-14,20,23,28H,5-10,15-19H2,1-4H3,(H,32,33)(H,36,37)/t23-,28-/m1/s1. The van der Waals surface area contributed by atoms with Gasteiger partial charge in [0, 0.05) is 31.4 Å². The highest BCUT2D eigenvalue weighted by Crippen LogP contribution is 2.37. The molecule has 38 heavy (non-hydrogen) atoms. The molecule has 1 saturated heterocycles. The predicted octanol–water partition coefficient (Wildman–Crippen LogP) is 5.26. The normalized spacial score (nSPS) is 18.4. The number of carbonyl (C=O) groups is 1. The average molecular weight is 527 g/mol. The first-order chi connectivity index (χ1) is 18.3. The molecule has 0 saturated carbocycles. The molecule has 2 aromatic rings. The van der Waals surface area contributed by atoms with Crippen molar-refractivity contribution in [2.24, 2.45) is 0 Å². The number of halogens is 1. The van der Waals surface area contributed by atoms with Crippen LogP contribution in [0.15, 0.2) is 24.3 Å². The van der Waals surface area contributed by atoms with Gasteiger partial charge < -0.3 is 20.1 Å². The van der Waals surface area contributed by atoms with Gasteiger partial charge in [0.1, 0.15) is 23.4 Å². The predicted molar refractivity (Wildman–Crippen MR) is 149 cm³/mol. The molecule has 2 aliphatic heterocycles. The topological polar surface area (TPSA) is 77.9 Å². The first kappa shape index (κ1) is 28.3. The van der Waals surface area contributed by atoms with Gasteiger partial charge in [-0.05, 0) is 81.3 Å². The number of rotatable bonds is 12. The highest BCUT2D eigenvalue weighted by Gasteiger charge is 2.38. The molecule has 0 unspecified atom stereocenters. The van der Waals surface area contributed by atoms with Crippen LogP contribution in [0.5, 0.6) is 5.75 Å². The van der Waals surface area contributed by atoms with Crippen molar-refractivity contribution in [3.8, 4) is 5.75 Å². The molecule has 0 amide bonds. The maximum Gasteiger partial charge on any atom is 0.325 e. The Hall–Kier alpha value is -2.71. The Kier molecular flexibility index (Phi) is 9.60. The SMILES string of the molecule is COc1ccc(C(C)C)c(F)c1[C@H](C(=O)O)N1CC[C@@H](N(C)CCCCCc2ccc3c(n2)NCCC3)C1. The minimum Gasteiger partial charge on any atom is -0.496 e. The molecule has 1 aromatic carbocycles. The number of aromatic nitrogens is 1. The third-order valence-corrected chi connectivity index (χ3v) is 8.10. The fourth-order valence-corrected chi connectivity index (χ4v) is 5.83. The molecule has 2 atom stereocenters. The first-order valence-electron chi connectivity index (χ1n) is 14.1. The Morgan fingerprint density at radius 2 is 2.08 bits per heavy atom. The van der Waals surface area contributed by atoms with Crippen molar-refractivity contribution >= 4 is 11.8 Å². The van der Waals surface area contributed by atoms with Crippen LogP contribution in [0.4, 0.5) is 10.2 Å². The lowest BCUT2D eigenvalue weighted by Gasteiger charge is -2.29. The molecule has 0 bridgehead atoms. The molecule has 3 heterocycles. The third kappa shape index (κ3) is 6.46. The Morgan fingerprint density at radius 3 is 2.82 bits per heavy atom. The summed E-state index contributed by atoms with van der Waals surface area (Å²) in [5.74, 6) is -0.205. The molecular weight excluding hydrogens is 483 g/mol. The largest absolute Gasteiger partial charge is 0.496 e. The van der Waals surface area contributed by atoms with Crippen molar-refractivity contribution in [1.82, 2.24) is 14.8 Å². The number of carboxylic acid groups (broad SMARTS) is 1. The number of aliphatic carboxylic acids is 1. The molecule has 1 aromatic heterocycles. The van der Waals surface area contributed by atoms with Gasteiger partial charge in [-0.15, -0.1) is 0 Å². The number of ether oxygens (including phenoxy) is 1. The van der Waals surface area contributed by atoms with E-state index < -0.39 is 17.8 Å². The van der Waals surface area contributed by atoms with Crippen molar-refractivity contribution in [2.75, 3.05) is 45.7 Å². The summed E-state index contributed by atoms with van der Waals surface area (Å²) in [4.78, 5) is 21.4. The number of hydrogen-bond donors (Lipinski definition) is 2. The number of nitrogens with zero attached hydrogens (tertiary/aromatic N) is 3. The Morgan fingerprint density at radius 1 is 1.26 bits per heavy atom. The Bertz CT molecular complexity index is 1110. The number of nitrogens with one attached hydrogen (secondary N) is 1. The summed E-state index contributed by atoms with van der Waals surface area (Å²) in [5, 5.41) is 13.6. The number of fused-ring (bicyclic) bond motifs is 1. The zero-order chi connectivity index (χ0) is 27.2. The van der Waals surface area contributed by atoms with Gasteiger partial charge in [0.05, 0.1) is 12.7 Å². The summed E-state index contributed by atoms with van der Waals surface area (Å²) >= 11 is 0. The highest BCUT2D eigenvalue weighted by molar-refractivity contribution is 5.77. The van der Waals surface area contributed by atoms with Crippen LogP contribution < -0.4 is 10.1 Å². The molecule has 4 rings (SSSR count).